The number of phenolic OH excluding ortho intramolecular Hbond substituents is 1. The summed E-state index contributed by atoms with van der Waals surface area (Å²) in [4.78, 5) is 1.87. The minimum absolute atomic E-state index is 0.351. The van der Waals surface area contributed by atoms with Crippen LogP contribution >= 0.6 is 0 Å². The van der Waals surface area contributed by atoms with Crippen LogP contribution in [-0.4, -0.2) is 62.2 Å². The van der Waals surface area contributed by atoms with Crippen molar-refractivity contribution in [2.75, 3.05) is 50.3 Å². The predicted octanol–water partition coefficient (Wildman–Crippen LogP) is 0.691. The zero-order valence-electron chi connectivity index (χ0n) is 13.7. The Morgan fingerprint density at radius 2 is 1.96 bits per heavy atom. The zero-order chi connectivity index (χ0) is 18.0. The van der Waals surface area contributed by atoms with E-state index in [9.17, 15) is 18.1 Å². The molecule has 0 bridgehead atoms. The molecule has 6 N–H and O–H groups in total. The SMILES string of the molecule is Nc1c(S(=O)(=O)O)cc2ccc(NCCN3CCNCC3)cc2c1O. The zero-order valence-corrected chi connectivity index (χ0v) is 14.5. The van der Waals surface area contributed by atoms with E-state index in [1.54, 1.807) is 18.2 Å². The second-order valence-electron chi connectivity index (χ2n) is 6.07. The minimum atomic E-state index is -4.50. The third kappa shape index (κ3) is 3.96. The lowest BCUT2D eigenvalue weighted by atomic mass is 10.1. The average Bonchev–Trinajstić information content (AvgIpc) is 2.58. The molecule has 0 atom stereocenters. The highest BCUT2D eigenvalue weighted by molar-refractivity contribution is 7.86. The molecular weight excluding hydrogens is 344 g/mol. The van der Waals surface area contributed by atoms with Gasteiger partial charge in [0.2, 0.25) is 0 Å². The van der Waals surface area contributed by atoms with Crippen LogP contribution in [0.5, 0.6) is 5.75 Å². The molecule has 25 heavy (non-hydrogen) atoms. The topological polar surface area (TPSA) is 128 Å². The number of fused-ring (bicyclic) bond motifs is 1. The van der Waals surface area contributed by atoms with Crippen LogP contribution in [0.25, 0.3) is 10.8 Å². The molecule has 0 aliphatic carbocycles. The first kappa shape index (κ1) is 17.7. The number of nitrogens with one attached hydrogen (secondary N) is 2. The van der Waals surface area contributed by atoms with Gasteiger partial charge in [-0.15, -0.1) is 0 Å². The van der Waals surface area contributed by atoms with Crippen molar-refractivity contribution in [3.8, 4) is 5.75 Å². The Hall–Kier alpha value is -2.07. The number of nitrogens with zero attached hydrogens (tertiary/aromatic N) is 1. The summed E-state index contributed by atoms with van der Waals surface area (Å²) in [7, 11) is -4.50. The van der Waals surface area contributed by atoms with Gasteiger partial charge in [-0.05, 0) is 23.6 Å². The summed E-state index contributed by atoms with van der Waals surface area (Å²) in [6, 6.07) is 6.44. The first-order valence-corrected chi connectivity index (χ1v) is 9.50. The van der Waals surface area contributed by atoms with Crippen molar-refractivity contribution in [1.29, 1.82) is 0 Å². The van der Waals surface area contributed by atoms with Crippen molar-refractivity contribution in [3.63, 3.8) is 0 Å². The van der Waals surface area contributed by atoms with Gasteiger partial charge in [0.05, 0.1) is 5.69 Å². The van der Waals surface area contributed by atoms with E-state index in [4.69, 9.17) is 5.73 Å². The summed E-state index contributed by atoms with van der Waals surface area (Å²) in [6.45, 7) is 5.71. The van der Waals surface area contributed by atoms with E-state index < -0.39 is 15.0 Å². The smallest absolute Gasteiger partial charge is 0.296 e. The minimum Gasteiger partial charge on any atom is -0.505 e. The van der Waals surface area contributed by atoms with Gasteiger partial charge in [0.15, 0.2) is 0 Å². The molecule has 136 valence electrons. The standard InChI is InChI=1S/C16H22N4O4S/c17-15-14(25(22,23)24)9-11-1-2-12(10-13(11)16(15)21)19-5-8-20-6-3-18-4-7-20/h1-2,9-10,18-19,21H,3-8,17H2,(H,22,23,24). The number of benzene rings is 2. The lowest BCUT2D eigenvalue weighted by Crippen LogP contribution is -2.45. The molecule has 0 spiro atoms. The van der Waals surface area contributed by atoms with E-state index in [-0.39, 0.29) is 11.4 Å². The lowest BCUT2D eigenvalue weighted by Gasteiger charge is -2.27. The number of anilines is 2. The summed E-state index contributed by atoms with van der Waals surface area (Å²) in [6.07, 6.45) is 0. The fourth-order valence-electron chi connectivity index (χ4n) is 2.98. The van der Waals surface area contributed by atoms with Gasteiger partial charge in [0, 0.05) is 50.3 Å². The number of piperazine rings is 1. The summed E-state index contributed by atoms with van der Waals surface area (Å²) < 4.78 is 31.9. The van der Waals surface area contributed by atoms with Gasteiger partial charge in [-0.1, -0.05) is 6.07 Å². The van der Waals surface area contributed by atoms with Crippen LogP contribution in [0.4, 0.5) is 11.4 Å². The van der Waals surface area contributed by atoms with Crippen molar-refractivity contribution in [2.24, 2.45) is 0 Å². The van der Waals surface area contributed by atoms with Crippen molar-refractivity contribution < 1.29 is 18.1 Å². The molecule has 1 saturated heterocycles. The predicted molar refractivity (Wildman–Crippen MR) is 97.6 cm³/mol. The number of nitrogen functional groups attached to an aromatic ring is 1. The second-order valence-corrected chi connectivity index (χ2v) is 7.46. The Kier molecular flexibility index (Phi) is 5.00. The van der Waals surface area contributed by atoms with Crippen LogP contribution in [0.3, 0.4) is 0 Å². The fraction of sp³-hybridized carbons (Fsp3) is 0.375. The quantitative estimate of drug-likeness (QED) is 0.297. The molecule has 1 aliphatic rings. The van der Waals surface area contributed by atoms with E-state index in [0.29, 0.717) is 10.8 Å². The molecule has 3 rings (SSSR count). The number of phenols is 1. The molecule has 0 radical (unpaired) electrons. The van der Waals surface area contributed by atoms with Crippen LogP contribution in [0.2, 0.25) is 0 Å². The molecule has 2 aromatic rings. The Morgan fingerprint density at radius 1 is 1.24 bits per heavy atom. The van der Waals surface area contributed by atoms with Crippen LogP contribution in [-0.2, 0) is 10.1 Å². The van der Waals surface area contributed by atoms with Gasteiger partial charge in [-0.25, -0.2) is 0 Å². The van der Waals surface area contributed by atoms with E-state index >= 15 is 0 Å². The molecule has 0 amide bonds. The van der Waals surface area contributed by atoms with E-state index in [1.165, 1.54) is 6.07 Å². The van der Waals surface area contributed by atoms with Gasteiger partial charge in [0.1, 0.15) is 10.6 Å². The number of hydrogen-bond acceptors (Lipinski definition) is 7. The third-order valence-corrected chi connectivity index (χ3v) is 5.25. The van der Waals surface area contributed by atoms with E-state index in [0.717, 1.165) is 45.0 Å². The Bertz CT molecular complexity index is 879. The molecule has 9 heteroatoms. The first-order valence-electron chi connectivity index (χ1n) is 8.06. The highest BCUT2D eigenvalue weighted by Gasteiger charge is 2.19. The summed E-state index contributed by atoms with van der Waals surface area (Å²) >= 11 is 0. The van der Waals surface area contributed by atoms with Crippen molar-refractivity contribution in [3.05, 3.63) is 24.3 Å². The van der Waals surface area contributed by atoms with Crippen LogP contribution in [0.1, 0.15) is 0 Å². The van der Waals surface area contributed by atoms with Gasteiger partial charge >= 0.3 is 0 Å². The number of hydrogen-bond donors (Lipinski definition) is 5. The fourth-order valence-corrected chi connectivity index (χ4v) is 3.63. The first-order chi connectivity index (χ1) is 11.9. The Labute approximate surface area is 146 Å². The van der Waals surface area contributed by atoms with E-state index in [2.05, 4.69) is 15.5 Å². The number of nitrogens with two attached hydrogens (primary N) is 1. The summed E-state index contributed by atoms with van der Waals surface area (Å²) in [5.74, 6) is -0.351. The highest BCUT2D eigenvalue weighted by Crippen LogP contribution is 2.37. The van der Waals surface area contributed by atoms with E-state index in [1.807, 2.05) is 0 Å². The third-order valence-electron chi connectivity index (χ3n) is 4.36. The van der Waals surface area contributed by atoms with Gasteiger partial charge in [0.25, 0.3) is 10.1 Å². The number of rotatable bonds is 5. The summed E-state index contributed by atoms with van der Waals surface area (Å²) in [5, 5.41) is 17.7. The molecule has 0 saturated carbocycles. The van der Waals surface area contributed by atoms with Crippen molar-refractivity contribution in [2.45, 2.75) is 4.90 Å². The van der Waals surface area contributed by atoms with Crippen LogP contribution in [0.15, 0.2) is 29.2 Å². The van der Waals surface area contributed by atoms with Gasteiger partial charge in [-0.3, -0.25) is 9.45 Å². The van der Waals surface area contributed by atoms with Crippen molar-refractivity contribution >= 4 is 32.3 Å². The largest absolute Gasteiger partial charge is 0.505 e. The monoisotopic (exact) mass is 366 g/mol. The normalized spacial score (nSPS) is 16.2. The molecule has 1 fully saturated rings. The Morgan fingerprint density at radius 3 is 2.64 bits per heavy atom. The Balaban J connectivity index is 1.79. The maximum Gasteiger partial charge on any atom is 0.296 e. The highest BCUT2D eigenvalue weighted by atomic mass is 32.2. The lowest BCUT2D eigenvalue weighted by molar-refractivity contribution is 0.249. The molecular formula is C16H22N4O4S. The summed E-state index contributed by atoms with van der Waals surface area (Å²) in [5.41, 5.74) is 6.11. The molecule has 0 aromatic heterocycles. The van der Waals surface area contributed by atoms with Crippen LogP contribution in [0, 0.1) is 0 Å². The maximum atomic E-state index is 11.4. The van der Waals surface area contributed by atoms with Gasteiger partial charge < -0.3 is 21.5 Å². The average molecular weight is 366 g/mol. The van der Waals surface area contributed by atoms with Gasteiger partial charge in [-0.2, -0.15) is 8.42 Å². The molecule has 0 unspecified atom stereocenters. The molecule has 8 nitrogen and oxygen atoms in total. The second kappa shape index (κ2) is 7.04. The maximum absolute atomic E-state index is 11.4. The molecule has 1 aliphatic heterocycles. The molecule has 2 aromatic carbocycles. The number of aromatic hydroxyl groups is 1. The van der Waals surface area contributed by atoms with Crippen molar-refractivity contribution in [1.82, 2.24) is 10.2 Å². The van der Waals surface area contributed by atoms with Crippen LogP contribution < -0.4 is 16.4 Å². The molecule has 1 heterocycles.